The summed E-state index contributed by atoms with van der Waals surface area (Å²) in [6.07, 6.45) is 44.9. The summed E-state index contributed by atoms with van der Waals surface area (Å²) in [7, 11) is 0. The molecule has 0 aliphatic carbocycles. The van der Waals surface area contributed by atoms with Crippen molar-refractivity contribution in [3.63, 3.8) is 0 Å². The molecule has 1 fully saturated rings. The molecule has 0 saturated carbocycles. The van der Waals surface area contributed by atoms with Gasteiger partial charge in [0.2, 0.25) is 0 Å². The van der Waals surface area contributed by atoms with E-state index in [1.807, 2.05) is 0 Å². The number of carbonyl (C=O) groups is 1. The Morgan fingerprint density at radius 1 is 0.508 bits per heavy atom. The minimum atomic E-state index is -1.54. The summed E-state index contributed by atoms with van der Waals surface area (Å²) >= 11 is 0. The van der Waals surface area contributed by atoms with Crippen molar-refractivity contribution in [2.45, 2.75) is 275 Å². The summed E-state index contributed by atoms with van der Waals surface area (Å²) in [6, 6.07) is 0. The number of allylic oxidation sites excluding steroid dienone is 4. The molecule has 0 spiro atoms. The van der Waals surface area contributed by atoms with Gasteiger partial charge in [0.25, 0.3) is 0 Å². The number of aliphatic hydroxyl groups is 4. The van der Waals surface area contributed by atoms with Gasteiger partial charge < -0.3 is 39.4 Å². The fourth-order valence-electron chi connectivity index (χ4n) is 8.01. The van der Waals surface area contributed by atoms with Gasteiger partial charge in [0, 0.05) is 13.0 Å². The molecule has 9 nitrogen and oxygen atoms in total. The Morgan fingerprint density at radius 3 is 1.33 bits per heavy atom. The Morgan fingerprint density at radius 2 is 0.902 bits per heavy atom. The summed E-state index contributed by atoms with van der Waals surface area (Å²) in [4.78, 5) is 12.8. The maximum Gasteiger partial charge on any atom is 0.306 e. The molecule has 1 saturated heterocycles. The molecule has 360 valence electrons. The van der Waals surface area contributed by atoms with Crippen molar-refractivity contribution >= 4 is 5.97 Å². The summed E-state index contributed by atoms with van der Waals surface area (Å²) in [5, 5.41) is 40.2. The Bertz CT molecular complexity index is 988. The van der Waals surface area contributed by atoms with Gasteiger partial charge in [-0.2, -0.15) is 0 Å². The first-order valence-electron chi connectivity index (χ1n) is 25.9. The normalized spacial score (nSPS) is 20.0. The van der Waals surface area contributed by atoms with Crippen molar-refractivity contribution in [2.24, 2.45) is 0 Å². The number of esters is 1. The average molecular weight is 867 g/mol. The van der Waals surface area contributed by atoms with E-state index in [0.717, 1.165) is 32.1 Å². The van der Waals surface area contributed by atoms with Crippen LogP contribution >= 0.6 is 0 Å². The SMILES string of the molecule is CCCCCCCCC/C=C\CCCCCCCCOCC(COC1OC(CO)C(O)C(O)C1O)OC(=O)CCCCCCCCCCC/C=C\CCCCCCCCCC. The van der Waals surface area contributed by atoms with Gasteiger partial charge in [0.05, 0.1) is 19.8 Å². The van der Waals surface area contributed by atoms with Gasteiger partial charge in [-0.15, -0.1) is 0 Å². The molecule has 0 amide bonds. The molecule has 6 unspecified atom stereocenters. The third-order valence-corrected chi connectivity index (χ3v) is 12.1. The molecule has 9 heteroatoms. The Balaban J connectivity index is 2.20. The maximum absolute atomic E-state index is 12.8. The summed E-state index contributed by atoms with van der Waals surface area (Å²) < 4.78 is 22.9. The van der Waals surface area contributed by atoms with Crippen LogP contribution in [-0.2, 0) is 23.7 Å². The molecule has 61 heavy (non-hydrogen) atoms. The van der Waals surface area contributed by atoms with Crippen LogP contribution in [0.1, 0.15) is 239 Å². The summed E-state index contributed by atoms with van der Waals surface area (Å²) in [6.45, 7) is 4.58. The molecule has 0 aromatic rings. The lowest BCUT2D eigenvalue weighted by molar-refractivity contribution is -0.305. The highest BCUT2D eigenvalue weighted by Crippen LogP contribution is 2.23. The predicted molar refractivity (Wildman–Crippen MR) is 252 cm³/mol. The second-order valence-corrected chi connectivity index (χ2v) is 18.0. The number of carbonyl (C=O) groups excluding carboxylic acids is 1. The minimum absolute atomic E-state index is 0.114. The summed E-state index contributed by atoms with van der Waals surface area (Å²) in [5.74, 6) is -0.314. The predicted octanol–water partition coefficient (Wildman–Crippen LogP) is 12.5. The molecule has 1 aliphatic rings. The van der Waals surface area contributed by atoms with E-state index in [9.17, 15) is 25.2 Å². The van der Waals surface area contributed by atoms with Crippen LogP contribution in [-0.4, -0.2) is 89.6 Å². The van der Waals surface area contributed by atoms with E-state index in [2.05, 4.69) is 38.2 Å². The average Bonchev–Trinajstić information content (AvgIpc) is 3.26. The van der Waals surface area contributed by atoms with Crippen molar-refractivity contribution in [3.8, 4) is 0 Å². The number of hydrogen-bond acceptors (Lipinski definition) is 9. The van der Waals surface area contributed by atoms with E-state index in [1.54, 1.807) is 0 Å². The Kier molecular flexibility index (Phi) is 41.5. The van der Waals surface area contributed by atoms with Gasteiger partial charge in [-0.3, -0.25) is 4.79 Å². The van der Waals surface area contributed by atoms with E-state index in [0.29, 0.717) is 13.0 Å². The van der Waals surface area contributed by atoms with Gasteiger partial charge in [-0.05, 0) is 64.2 Å². The van der Waals surface area contributed by atoms with E-state index in [-0.39, 0.29) is 19.2 Å². The summed E-state index contributed by atoms with van der Waals surface area (Å²) in [5.41, 5.74) is 0. The van der Waals surface area contributed by atoms with Crippen LogP contribution in [0, 0.1) is 0 Å². The molecule has 0 aromatic heterocycles. The first-order chi connectivity index (χ1) is 29.9. The zero-order chi connectivity index (χ0) is 44.3. The van der Waals surface area contributed by atoms with Crippen LogP contribution < -0.4 is 0 Å². The van der Waals surface area contributed by atoms with E-state index >= 15 is 0 Å². The van der Waals surface area contributed by atoms with Crippen molar-refractivity contribution in [1.29, 1.82) is 0 Å². The number of rotatable bonds is 45. The number of aliphatic hydroxyl groups excluding tert-OH is 4. The quantitative estimate of drug-likeness (QED) is 0.0268. The topological polar surface area (TPSA) is 135 Å². The van der Waals surface area contributed by atoms with E-state index in [4.69, 9.17) is 18.9 Å². The molecule has 0 bridgehead atoms. The fourth-order valence-corrected chi connectivity index (χ4v) is 8.01. The van der Waals surface area contributed by atoms with Crippen molar-refractivity contribution in [1.82, 2.24) is 0 Å². The lowest BCUT2D eigenvalue weighted by Gasteiger charge is -2.39. The standard InChI is InChI=1S/C52H98O9/c1-3-5-7-9-11-13-15-17-19-21-22-23-24-25-27-29-31-33-35-37-39-41-48(54)60-46(45-59-52-51(57)50(56)49(55)47(43-53)61-52)44-58-42-40-38-36-34-32-30-28-26-20-18-16-14-12-10-8-6-4-2/h20-22,26,46-47,49-53,55-57H,3-19,23-25,27-45H2,1-2H3/b22-21-,26-20-. The Hall–Kier alpha value is -1.33. The highest BCUT2D eigenvalue weighted by atomic mass is 16.7. The van der Waals surface area contributed by atoms with Crippen LogP contribution in [0.25, 0.3) is 0 Å². The Labute approximate surface area is 375 Å². The van der Waals surface area contributed by atoms with Crippen LogP contribution in [0.5, 0.6) is 0 Å². The highest BCUT2D eigenvalue weighted by Gasteiger charge is 2.44. The molecule has 6 atom stereocenters. The lowest BCUT2D eigenvalue weighted by Crippen LogP contribution is -2.59. The number of hydrogen-bond donors (Lipinski definition) is 4. The van der Waals surface area contributed by atoms with Crippen molar-refractivity contribution in [2.75, 3.05) is 26.4 Å². The van der Waals surface area contributed by atoms with Gasteiger partial charge in [-0.25, -0.2) is 0 Å². The van der Waals surface area contributed by atoms with Crippen LogP contribution in [0.4, 0.5) is 0 Å². The smallest absolute Gasteiger partial charge is 0.306 e. The van der Waals surface area contributed by atoms with E-state index in [1.165, 1.54) is 186 Å². The minimum Gasteiger partial charge on any atom is -0.457 e. The van der Waals surface area contributed by atoms with Gasteiger partial charge in [-0.1, -0.05) is 192 Å². The lowest BCUT2D eigenvalue weighted by atomic mass is 9.99. The molecule has 1 aliphatic heterocycles. The molecule has 4 N–H and O–H groups in total. The second-order valence-electron chi connectivity index (χ2n) is 18.0. The monoisotopic (exact) mass is 867 g/mol. The highest BCUT2D eigenvalue weighted by molar-refractivity contribution is 5.69. The third kappa shape index (κ3) is 34.7. The molecular formula is C52H98O9. The molecule has 0 aromatic carbocycles. The second kappa shape index (κ2) is 43.9. The van der Waals surface area contributed by atoms with Gasteiger partial charge >= 0.3 is 5.97 Å². The third-order valence-electron chi connectivity index (χ3n) is 12.1. The molecule has 1 rings (SSSR count). The number of unbranched alkanes of at least 4 members (excludes halogenated alkanes) is 30. The van der Waals surface area contributed by atoms with Gasteiger partial charge in [0.1, 0.15) is 30.5 Å². The van der Waals surface area contributed by atoms with Crippen molar-refractivity contribution < 1.29 is 44.2 Å². The zero-order valence-electron chi connectivity index (χ0n) is 39.7. The maximum atomic E-state index is 12.8. The molecular weight excluding hydrogens is 769 g/mol. The fraction of sp³-hybridized carbons (Fsp3) is 0.904. The van der Waals surface area contributed by atoms with E-state index < -0.39 is 43.4 Å². The number of ether oxygens (including phenoxy) is 4. The van der Waals surface area contributed by atoms with Gasteiger partial charge in [0.15, 0.2) is 6.29 Å². The van der Waals surface area contributed by atoms with Crippen LogP contribution in [0.15, 0.2) is 24.3 Å². The van der Waals surface area contributed by atoms with Crippen LogP contribution in [0.2, 0.25) is 0 Å². The first-order valence-corrected chi connectivity index (χ1v) is 25.9. The largest absolute Gasteiger partial charge is 0.457 e. The first kappa shape index (κ1) is 57.7. The van der Waals surface area contributed by atoms with Crippen molar-refractivity contribution in [3.05, 3.63) is 24.3 Å². The molecule has 1 heterocycles. The molecule has 0 radical (unpaired) electrons. The zero-order valence-corrected chi connectivity index (χ0v) is 39.7. The van der Waals surface area contributed by atoms with Crippen LogP contribution in [0.3, 0.4) is 0 Å².